The predicted molar refractivity (Wildman–Crippen MR) is 81.5 cm³/mol. The van der Waals surface area contributed by atoms with E-state index in [2.05, 4.69) is 24.5 Å². The summed E-state index contributed by atoms with van der Waals surface area (Å²) in [7, 11) is 1.54. The molecular formula is C15H21N3O3. The second kappa shape index (κ2) is 5.71. The smallest absolute Gasteiger partial charge is 0.292 e. The number of nitro groups is 1. The standard InChI is InChI=1S/C15H21N3O3/c1-15(2)7-6-11(9-15)17-12-8-10(14(19)16-3)4-5-13(12)18(20)21/h4-5,8,11,17H,6-7,9H2,1-3H3,(H,16,19). The normalized spacial score (nSPS) is 20.0. The van der Waals surface area contributed by atoms with Crippen LogP contribution in [0.5, 0.6) is 0 Å². The summed E-state index contributed by atoms with van der Waals surface area (Å²) >= 11 is 0. The first-order valence-electron chi connectivity index (χ1n) is 7.09. The Hall–Kier alpha value is -2.11. The zero-order chi connectivity index (χ0) is 15.6. The van der Waals surface area contributed by atoms with Gasteiger partial charge in [0.15, 0.2) is 0 Å². The molecule has 1 atom stereocenters. The van der Waals surface area contributed by atoms with Crippen molar-refractivity contribution in [3.63, 3.8) is 0 Å². The van der Waals surface area contributed by atoms with E-state index in [9.17, 15) is 14.9 Å². The first-order valence-corrected chi connectivity index (χ1v) is 7.09. The minimum Gasteiger partial charge on any atom is -0.377 e. The molecule has 1 unspecified atom stereocenters. The van der Waals surface area contributed by atoms with Gasteiger partial charge in [0.05, 0.1) is 4.92 Å². The molecule has 1 saturated carbocycles. The van der Waals surface area contributed by atoms with Gasteiger partial charge < -0.3 is 10.6 Å². The molecule has 1 amide bonds. The van der Waals surface area contributed by atoms with Gasteiger partial charge >= 0.3 is 0 Å². The molecule has 0 bridgehead atoms. The number of amides is 1. The Balaban J connectivity index is 2.27. The average Bonchev–Trinajstić information content (AvgIpc) is 2.76. The molecule has 6 heteroatoms. The van der Waals surface area contributed by atoms with Gasteiger partial charge in [0.1, 0.15) is 5.69 Å². The van der Waals surface area contributed by atoms with Gasteiger partial charge in [-0.2, -0.15) is 0 Å². The van der Waals surface area contributed by atoms with E-state index in [1.807, 2.05) is 0 Å². The van der Waals surface area contributed by atoms with Crippen molar-refractivity contribution in [2.45, 2.75) is 39.2 Å². The lowest BCUT2D eigenvalue weighted by molar-refractivity contribution is -0.384. The molecule has 2 N–H and O–H groups in total. The molecule has 1 aromatic rings. The summed E-state index contributed by atoms with van der Waals surface area (Å²) in [4.78, 5) is 22.4. The van der Waals surface area contributed by atoms with Crippen molar-refractivity contribution in [1.29, 1.82) is 0 Å². The number of rotatable bonds is 4. The first kappa shape index (κ1) is 15.3. The predicted octanol–water partition coefficient (Wildman–Crippen LogP) is 2.95. The van der Waals surface area contributed by atoms with E-state index < -0.39 is 4.92 Å². The van der Waals surface area contributed by atoms with Gasteiger partial charge in [0.25, 0.3) is 11.6 Å². The van der Waals surface area contributed by atoms with Gasteiger partial charge in [-0.3, -0.25) is 14.9 Å². The molecule has 1 aliphatic carbocycles. The van der Waals surface area contributed by atoms with Gasteiger partial charge in [-0.15, -0.1) is 0 Å². The lowest BCUT2D eigenvalue weighted by Crippen LogP contribution is -2.20. The molecule has 0 spiro atoms. The van der Waals surface area contributed by atoms with Crippen LogP contribution >= 0.6 is 0 Å². The summed E-state index contributed by atoms with van der Waals surface area (Å²) in [6.45, 7) is 4.40. The minimum atomic E-state index is -0.421. The molecule has 1 aliphatic rings. The van der Waals surface area contributed by atoms with Crippen molar-refractivity contribution < 1.29 is 9.72 Å². The molecule has 0 radical (unpaired) electrons. The molecule has 1 aromatic carbocycles. The summed E-state index contributed by atoms with van der Waals surface area (Å²) < 4.78 is 0. The van der Waals surface area contributed by atoms with Gasteiger partial charge in [0.2, 0.25) is 0 Å². The second-order valence-electron chi connectivity index (χ2n) is 6.32. The van der Waals surface area contributed by atoms with Crippen LogP contribution in [0.15, 0.2) is 18.2 Å². The van der Waals surface area contributed by atoms with Crippen molar-refractivity contribution >= 4 is 17.3 Å². The lowest BCUT2D eigenvalue weighted by Gasteiger charge is -2.19. The Morgan fingerprint density at radius 1 is 1.43 bits per heavy atom. The Bertz CT molecular complexity index is 569. The molecule has 6 nitrogen and oxygen atoms in total. The van der Waals surface area contributed by atoms with Crippen LogP contribution < -0.4 is 10.6 Å². The molecular weight excluding hydrogens is 270 g/mol. The van der Waals surface area contributed by atoms with Crippen LogP contribution in [0.2, 0.25) is 0 Å². The van der Waals surface area contributed by atoms with Crippen LogP contribution in [0, 0.1) is 15.5 Å². The second-order valence-corrected chi connectivity index (χ2v) is 6.32. The number of hydrogen-bond donors (Lipinski definition) is 2. The first-order chi connectivity index (χ1) is 9.82. The third-order valence-corrected chi connectivity index (χ3v) is 4.01. The minimum absolute atomic E-state index is 0.00681. The highest BCUT2D eigenvalue weighted by atomic mass is 16.6. The Morgan fingerprint density at radius 2 is 2.14 bits per heavy atom. The lowest BCUT2D eigenvalue weighted by atomic mass is 9.92. The Labute approximate surface area is 124 Å². The Kier molecular flexibility index (Phi) is 4.16. The van der Waals surface area contributed by atoms with Gasteiger partial charge in [0, 0.05) is 24.7 Å². The van der Waals surface area contributed by atoms with Gasteiger partial charge in [-0.05, 0) is 36.8 Å². The number of benzene rings is 1. The largest absolute Gasteiger partial charge is 0.377 e. The Morgan fingerprint density at radius 3 is 2.67 bits per heavy atom. The fourth-order valence-electron chi connectivity index (χ4n) is 2.88. The maximum absolute atomic E-state index is 11.7. The van der Waals surface area contributed by atoms with Crippen LogP contribution in [0.4, 0.5) is 11.4 Å². The summed E-state index contributed by atoms with van der Waals surface area (Å²) in [6.07, 6.45) is 3.04. The molecule has 114 valence electrons. The molecule has 0 aliphatic heterocycles. The summed E-state index contributed by atoms with van der Waals surface area (Å²) in [5.74, 6) is -0.250. The number of nitrogens with zero attached hydrogens (tertiary/aromatic N) is 1. The maximum atomic E-state index is 11.7. The summed E-state index contributed by atoms with van der Waals surface area (Å²) in [6, 6.07) is 4.62. The van der Waals surface area contributed by atoms with Crippen molar-refractivity contribution in [2.24, 2.45) is 5.41 Å². The molecule has 0 saturated heterocycles. The number of nitro benzene ring substituents is 1. The summed E-state index contributed by atoms with van der Waals surface area (Å²) in [5.41, 5.74) is 1.10. The highest BCUT2D eigenvalue weighted by molar-refractivity contribution is 5.95. The van der Waals surface area contributed by atoms with Gasteiger partial charge in [-0.25, -0.2) is 0 Å². The molecule has 0 heterocycles. The van der Waals surface area contributed by atoms with Crippen LogP contribution in [0.3, 0.4) is 0 Å². The van der Waals surface area contributed by atoms with E-state index in [-0.39, 0.29) is 23.1 Å². The van der Waals surface area contributed by atoms with E-state index in [1.54, 1.807) is 6.07 Å². The van der Waals surface area contributed by atoms with E-state index in [1.165, 1.54) is 19.2 Å². The third-order valence-electron chi connectivity index (χ3n) is 4.01. The average molecular weight is 291 g/mol. The van der Waals surface area contributed by atoms with Crippen molar-refractivity contribution in [2.75, 3.05) is 12.4 Å². The summed E-state index contributed by atoms with van der Waals surface area (Å²) in [5, 5.41) is 16.9. The van der Waals surface area contributed by atoms with Crippen LogP contribution in [0.1, 0.15) is 43.5 Å². The number of carbonyl (C=O) groups is 1. The molecule has 0 aromatic heterocycles. The SMILES string of the molecule is CNC(=O)c1ccc([N+](=O)[O-])c(NC2CCC(C)(C)C2)c1. The van der Waals surface area contributed by atoms with Crippen molar-refractivity contribution in [3.05, 3.63) is 33.9 Å². The van der Waals surface area contributed by atoms with E-state index in [0.29, 0.717) is 11.3 Å². The fourth-order valence-corrected chi connectivity index (χ4v) is 2.88. The molecule has 2 rings (SSSR count). The molecule has 1 fully saturated rings. The number of nitrogens with one attached hydrogen (secondary N) is 2. The van der Waals surface area contributed by atoms with Gasteiger partial charge in [-0.1, -0.05) is 13.8 Å². The van der Waals surface area contributed by atoms with Crippen LogP contribution in [-0.4, -0.2) is 23.9 Å². The zero-order valence-corrected chi connectivity index (χ0v) is 12.6. The fraction of sp³-hybridized carbons (Fsp3) is 0.533. The highest BCUT2D eigenvalue weighted by Crippen LogP contribution is 2.39. The van der Waals surface area contributed by atoms with Crippen molar-refractivity contribution in [1.82, 2.24) is 5.32 Å². The highest BCUT2D eigenvalue weighted by Gasteiger charge is 2.32. The topological polar surface area (TPSA) is 84.3 Å². The third kappa shape index (κ3) is 3.51. The van der Waals surface area contributed by atoms with Crippen molar-refractivity contribution in [3.8, 4) is 0 Å². The number of anilines is 1. The quantitative estimate of drug-likeness (QED) is 0.660. The zero-order valence-electron chi connectivity index (χ0n) is 12.6. The molecule has 21 heavy (non-hydrogen) atoms. The van der Waals surface area contributed by atoms with Crippen LogP contribution in [-0.2, 0) is 0 Å². The number of carbonyl (C=O) groups excluding carboxylic acids is 1. The van der Waals surface area contributed by atoms with E-state index in [0.717, 1.165) is 19.3 Å². The maximum Gasteiger partial charge on any atom is 0.292 e. The van der Waals surface area contributed by atoms with Crippen LogP contribution in [0.25, 0.3) is 0 Å². The monoisotopic (exact) mass is 291 g/mol. The number of hydrogen-bond acceptors (Lipinski definition) is 4. The van der Waals surface area contributed by atoms with E-state index >= 15 is 0 Å². The van der Waals surface area contributed by atoms with E-state index in [4.69, 9.17) is 0 Å².